The van der Waals surface area contributed by atoms with E-state index < -0.39 is 35.7 Å². The van der Waals surface area contributed by atoms with Crippen LogP contribution in [0.4, 0.5) is 0 Å². The van der Waals surface area contributed by atoms with Gasteiger partial charge in [-0.15, -0.1) is 0 Å². The summed E-state index contributed by atoms with van der Waals surface area (Å²) in [4.78, 5) is 0. The van der Waals surface area contributed by atoms with Crippen LogP contribution in [0.5, 0.6) is 0 Å². The van der Waals surface area contributed by atoms with E-state index in [2.05, 4.69) is 39.3 Å². The molecule has 2 radical (unpaired) electrons. The monoisotopic (exact) mass is 312 g/mol. The van der Waals surface area contributed by atoms with Gasteiger partial charge in [-0.25, -0.2) is 0 Å². The van der Waals surface area contributed by atoms with E-state index in [4.69, 9.17) is 21.2 Å². The summed E-state index contributed by atoms with van der Waals surface area (Å²) in [5.41, 5.74) is 0. The zero-order valence-corrected chi connectivity index (χ0v) is 16.0. The third-order valence-corrected chi connectivity index (χ3v) is 9.51. The van der Waals surface area contributed by atoms with Gasteiger partial charge < -0.3 is 21.2 Å². The van der Waals surface area contributed by atoms with Gasteiger partial charge in [0.25, 0.3) is 0 Å². The third-order valence-electron chi connectivity index (χ3n) is 1.28. The van der Waals surface area contributed by atoms with E-state index >= 15 is 0 Å². The van der Waals surface area contributed by atoms with Crippen LogP contribution in [-0.2, 0) is 21.2 Å². The highest BCUT2D eigenvalue weighted by molar-refractivity contribution is 6.78. The van der Waals surface area contributed by atoms with E-state index in [9.17, 15) is 0 Å². The summed E-state index contributed by atoms with van der Waals surface area (Å²) in [6.07, 6.45) is 0. The maximum absolute atomic E-state index is 5.81. The van der Waals surface area contributed by atoms with Gasteiger partial charge in [-0.3, -0.25) is 0 Å². The standard InChI is InChI=1S/C8H24O5Si4/c1-9-14(12-16(3,4)5)11-15(10-2)13-17(6,7)8/h1-8H3. The molecule has 0 amide bonds. The zero-order chi connectivity index (χ0) is 13.7. The van der Waals surface area contributed by atoms with Crippen molar-refractivity contribution in [3.05, 3.63) is 0 Å². The Balaban J connectivity index is 4.32. The lowest BCUT2D eigenvalue weighted by molar-refractivity contribution is 0.177. The minimum atomic E-state index is -1.74. The first-order valence-corrected chi connectivity index (χ1v) is 14.7. The molecule has 17 heavy (non-hydrogen) atoms. The first-order valence-electron chi connectivity index (χ1n) is 5.45. The summed E-state index contributed by atoms with van der Waals surface area (Å²) < 4.78 is 27.8. The largest absolute Gasteiger partial charge is 0.558 e. The Morgan fingerprint density at radius 2 is 0.941 bits per heavy atom. The summed E-state index contributed by atoms with van der Waals surface area (Å²) in [6, 6.07) is 0. The Hall–Kier alpha value is 0.668. The summed E-state index contributed by atoms with van der Waals surface area (Å²) in [5, 5.41) is 0. The second kappa shape index (κ2) is 7.30. The van der Waals surface area contributed by atoms with Crippen LogP contribution in [0.1, 0.15) is 0 Å². The van der Waals surface area contributed by atoms with Crippen molar-refractivity contribution in [3.63, 3.8) is 0 Å². The van der Waals surface area contributed by atoms with Crippen molar-refractivity contribution in [2.45, 2.75) is 39.3 Å². The molecule has 0 saturated carbocycles. The molecule has 0 atom stereocenters. The highest BCUT2D eigenvalue weighted by atomic mass is 28.5. The van der Waals surface area contributed by atoms with Gasteiger partial charge in [0.15, 0.2) is 16.6 Å². The second-order valence-corrected chi connectivity index (χ2v) is 18.2. The predicted octanol–water partition coefficient (Wildman–Crippen LogP) is 1.97. The van der Waals surface area contributed by atoms with Gasteiger partial charge in [0.2, 0.25) is 0 Å². The van der Waals surface area contributed by atoms with E-state index in [1.54, 1.807) is 14.2 Å². The molecule has 0 aromatic rings. The van der Waals surface area contributed by atoms with Crippen LogP contribution in [-0.4, -0.2) is 49.9 Å². The second-order valence-electron chi connectivity index (χ2n) is 5.44. The van der Waals surface area contributed by atoms with Crippen molar-refractivity contribution in [1.82, 2.24) is 0 Å². The van der Waals surface area contributed by atoms with Crippen molar-refractivity contribution in [2.75, 3.05) is 14.2 Å². The maximum Gasteiger partial charge on any atom is 0.558 e. The predicted molar refractivity (Wildman–Crippen MR) is 75.5 cm³/mol. The van der Waals surface area contributed by atoms with E-state index in [-0.39, 0.29) is 0 Å². The smallest absolute Gasteiger partial charge is 0.414 e. The molecule has 0 aliphatic rings. The van der Waals surface area contributed by atoms with Gasteiger partial charge in [0.1, 0.15) is 0 Å². The molecule has 0 N–H and O–H groups in total. The molecular weight excluding hydrogens is 288 g/mol. The molecule has 0 rings (SSSR count). The van der Waals surface area contributed by atoms with Crippen molar-refractivity contribution in [1.29, 1.82) is 0 Å². The summed E-state index contributed by atoms with van der Waals surface area (Å²) in [7, 11) is -3.63. The Morgan fingerprint density at radius 1 is 0.647 bits per heavy atom. The minimum absolute atomic E-state index is 1.60. The van der Waals surface area contributed by atoms with Crippen LogP contribution in [0.2, 0.25) is 39.3 Å². The molecule has 0 saturated heterocycles. The van der Waals surface area contributed by atoms with E-state index in [1.165, 1.54) is 0 Å². The Bertz CT molecular complexity index is 193. The van der Waals surface area contributed by atoms with Gasteiger partial charge in [0.05, 0.1) is 0 Å². The van der Waals surface area contributed by atoms with Gasteiger partial charge in [0, 0.05) is 14.2 Å². The summed E-state index contributed by atoms with van der Waals surface area (Å²) in [6.45, 7) is 12.6. The maximum atomic E-state index is 5.81. The average molecular weight is 313 g/mol. The first kappa shape index (κ1) is 17.7. The lowest BCUT2D eigenvalue weighted by Crippen LogP contribution is -2.46. The molecule has 0 fully saturated rings. The van der Waals surface area contributed by atoms with E-state index in [0.717, 1.165) is 0 Å². The normalized spacial score (nSPS) is 13.8. The molecule has 0 aliphatic heterocycles. The fourth-order valence-electron chi connectivity index (χ4n) is 0.776. The first-order chi connectivity index (χ1) is 7.57. The Morgan fingerprint density at radius 3 is 1.12 bits per heavy atom. The minimum Gasteiger partial charge on any atom is -0.414 e. The molecule has 0 spiro atoms. The molecule has 0 aliphatic carbocycles. The molecule has 0 aromatic heterocycles. The molecule has 9 heteroatoms. The topological polar surface area (TPSA) is 46.2 Å². The summed E-state index contributed by atoms with van der Waals surface area (Å²) in [5.74, 6) is 0. The molecular formula is C8H24O5Si4. The number of rotatable bonds is 8. The van der Waals surface area contributed by atoms with Crippen molar-refractivity contribution in [3.8, 4) is 0 Å². The van der Waals surface area contributed by atoms with Crippen LogP contribution in [0.15, 0.2) is 0 Å². The zero-order valence-electron chi connectivity index (χ0n) is 12.0. The van der Waals surface area contributed by atoms with Crippen molar-refractivity contribution < 1.29 is 21.2 Å². The van der Waals surface area contributed by atoms with Gasteiger partial charge in [-0.2, -0.15) is 0 Å². The van der Waals surface area contributed by atoms with Crippen LogP contribution in [0.25, 0.3) is 0 Å². The Kier molecular flexibility index (Phi) is 7.59. The van der Waals surface area contributed by atoms with Crippen molar-refractivity contribution >= 4 is 35.7 Å². The molecule has 0 aromatic carbocycles. The highest BCUT2D eigenvalue weighted by Gasteiger charge is 2.35. The highest BCUT2D eigenvalue weighted by Crippen LogP contribution is 2.11. The van der Waals surface area contributed by atoms with Crippen LogP contribution in [0, 0.1) is 0 Å². The van der Waals surface area contributed by atoms with Crippen LogP contribution >= 0.6 is 0 Å². The average Bonchev–Trinajstić information content (AvgIpc) is 2.11. The van der Waals surface area contributed by atoms with Gasteiger partial charge in [-0.1, -0.05) is 0 Å². The summed E-state index contributed by atoms with van der Waals surface area (Å²) >= 11 is 0. The Labute approximate surface area is 111 Å². The van der Waals surface area contributed by atoms with E-state index in [1.807, 2.05) is 0 Å². The van der Waals surface area contributed by atoms with E-state index in [0.29, 0.717) is 0 Å². The lowest BCUT2D eigenvalue weighted by Gasteiger charge is -2.26. The van der Waals surface area contributed by atoms with Gasteiger partial charge >= 0.3 is 19.1 Å². The molecule has 0 heterocycles. The van der Waals surface area contributed by atoms with Gasteiger partial charge in [-0.05, 0) is 39.3 Å². The molecule has 102 valence electrons. The van der Waals surface area contributed by atoms with Crippen LogP contribution in [0.3, 0.4) is 0 Å². The fourth-order valence-corrected chi connectivity index (χ4v) is 7.74. The number of hydrogen-bond acceptors (Lipinski definition) is 5. The molecule has 5 nitrogen and oxygen atoms in total. The van der Waals surface area contributed by atoms with Crippen LogP contribution < -0.4 is 0 Å². The SMILES string of the molecule is CO[Si](O[Si](OC)O[Si](C)(C)C)O[Si](C)(C)C. The van der Waals surface area contributed by atoms with Crippen molar-refractivity contribution in [2.24, 2.45) is 0 Å². The molecule has 0 unspecified atom stereocenters. The third kappa shape index (κ3) is 10.3. The lowest BCUT2D eigenvalue weighted by atomic mass is 11.8. The number of hydrogen-bond donors (Lipinski definition) is 0. The quantitative estimate of drug-likeness (QED) is 0.641. The fraction of sp³-hybridized carbons (Fsp3) is 1.00. The molecule has 0 bridgehead atoms.